The van der Waals surface area contributed by atoms with E-state index in [1.54, 1.807) is 0 Å². The van der Waals surface area contributed by atoms with Crippen LogP contribution in [0.5, 0.6) is 0 Å². The number of benzene rings is 1. The van der Waals surface area contributed by atoms with E-state index in [1.807, 2.05) is 0 Å². The number of aromatic nitrogens is 1. The van der Waals surface area contributed by atoms with E-state index in [4.69, 9.17) is 40.5 Å². The number of nitrogens with one attached hydrogen (secondary N) is 1. The van der Waals surface area contributed by atoms with Crippen molar-refractivity contribution >= 4 is 52.3 Å². The summed E-state index contributed by atoms with van der Waals surface area (Å²) in [6.07, 6.45) is 0. The molecule has 0 bridgehead atoms. The van der Waals surface area contributed by atoms with Gasteiger partial charge in [0.2, 0.25) is 5.91 Å². The summed E-state index contributed by atoms with van der Waals surface area (Å²) in [5, 5.41) is 3.01. The van der Waals surface area contributed by atoms with Crippen LogP contribution in [0.4, 0.5) is 5.69 Å². The Morgan fingerprint density at radius 2 is 1.71 bits per heavy atom. The Balaban J connectivity index is 2.33. The minimum atomic E-state index is -0.638. The van der Waals surface area contributed by atoms with Crippen LogP contribution >= 0.6 is 34.8 Å². The van der Waals surface area contributed by atoms with Gasteiger partial charge >= 0.3 is 0 Å². The molecule has 1 aromatic carbocycles. The lowest BCUT2D eigenvalue weighted by Gasteiger charge is -2.09. The highest BCUT2D eigenvalue weighted by Crippen LogP contribution is 2.25. The number of carbonyl (C=O) groups excluding carboxylic acids is 2. The number of nitrogens with zero attached hydrogens (tertiary/aromatic N) is 1. The van der Waals surface area contributed by atoms with E-state index in [-0.39, 0.29) is 32.1 Å². The number of anilines is 1. The monoisotopic (exact) mass is 343 g/mol. The summed E-state index contributed by atoms with van der Waals surface area (Å²) in [7, 11) is 0. The summed E-state index contributed by atoms with van der Waals surface area (Å²) < 4.78 is 0. The number of hydrogen-bond donors (Lipinski definition) is 2. The van der Waals surface area contributed by atoms with E-state index in [2.05, 4.69) is 10.3 Å². The van der Waals surface area contributed by atoms with Crippen LogP contribution in [-0.4, -0.2) is 16.8 Å². The smallest absolute Gasteiger partial charge is 0.275 e. The third kappa shape index (κ3) is 3.64. The standard InChI is InChI=1S/C13H8Cl3N3O2/c14-7-2-1-6(12(17)20)5-9(7)18-13(21)11-8(15)3-4-10(16)19-11/h1-5H,(H2,17,20)(H,18,21). The van der Waals surface area contributed by atoms with Crippen molar-refractivity contribution in [3.63, 3.8) is 0 Å². The SMILES string of the molecule is NC(=O)c1ccc(Cl)c(NC(=O)c2nc(Cl)ccc2Cl)c1. The molecule has 3 N–H and O–H groups in total. The molecule has 0 saturated carbocycles. The zero-order valence-corrected chi connectivity index (χ0v) is 12.6. The Kier molecular flexibility index (Phi) is 4.67. The second kappa shape index (κ2) is 6.30. The van der Waals surface area contributed by atoms with Crippen LogP contribution in [0.2, 0.25) is 15.2 Å². The highest BCUT2D eigenvalue weighted by Gasteiger charge is 2.15. The molecular weight excluding hydrogens is 337 g/mol. The first-order valence-electron chi connectivity index (χ1n) is 5.61. The van der Waals surface area contributed by atoms with Crippen LogP contribution < -0.4 is 11.1 Å². The van der Waals surface area contributed by atoms with Gasteiger partial charge in [-0.25, -0.2) is 4.98 Å². The van der Waals surface area contributed by atoms with Gasteiger partial charge in [-0.1, -0.05) is 34.8 Å². The van der Waals surface area contributed by atoms with Crippen molar-refractivity contribution < 1.29 is 9.59 Å². The lowest BCUT2D eigenvalue weighted by Crippen LogP contribution is -2.16. The van der Waals surface area contributed by atoms with E-state index < -0.39 is 11.8 Å². The Morgan fingerprint density at radius 3 is 2.38 bits per heavy atom. The average Bonchev–Trinajstić information content (AvgIpc) is 2.43. The van der Waals surface area contributed by atoms with E-state index in [0.29, 0.717) is 0 Å². The summed E-state index contributed by atoms with van der Waals surface area (Å²) in [4.78, 5) is 27.1. The fourth-order valence-electron chi connectivity index (χ4n) is 1.53. The molecule has 0 spiro atoms. The summed E-state index contributed by atoms with van der Waals surface area (Å²) in [6.45, 7) is 0. The largest absolute Gasteiger partial charge is 0.366 e. The number of hydrogen-bond acceptors (Lipinski definition) is 3. The number of amides is 2. The number of nitrogens with two attached hydrogens (primary N) is 1. The fourth-order valence-corrected chi connectivity index (χ4v) is 2.04. The zero-order valence-electron chi connectivity index (χ0n) is 10.4. The van der Waals surface area contributed by atoms with Crippen LogP contribution in [0.1, 0.15) is 20.8 Å². The third-order valence-electron chi connectivity index (χ3n) is 2.53. The minimum Gasteiger partial charge on any atom is -0.366 e. The Labute approximate surface area is 135 Å². The van der Waals surface area contributed by atoms with E-state index in [0.717, 1.165) is 0 Å². The maximum Gasteiger partial charge on any atom is 0.275 e. The van der Waals surface area contributed by atoms with Gasteiger partial charge in [0.05, 0.1) is 15.7 Å². The molecule has 0 radical (unpaired) electrons. The van der Waals surface area contributed by atoms with Crippen molar-refractivity contribution in [3.8, 4) is 0 Å². The first-order chi connectivity index (χ1) is 9.88. The molecule has 0 saturated heterocycles. The Morgan fingerprint density at radius 1 is 1.05 bits per heavy atom. The van der Waals surface area contributed by atoms with E-state index in [9.17, 15) is 9.59 Å². The van der Waals surface area contributed by atoms with Gasteiger partial charge in [-0.3, -0.25) is 9.59 Å². The summed E-state index contributed by atoms with van der Waals surface area (Å²) in [5.74, 6) is -1.24. The van der Waals surface area contributed by atoms with Crippen LogP contribution in [0, 0.1) is 0 Å². The fraction of sp³-hybridized carbons (Fsp3) is 0. The molecule has 8 heteroatoms. The van der Waals surface area contributed by atoms with Crippen molar-refractivity contribution in [3.05, 3.63) is 56.8 Å². The first-order valence-corrected chi connectivity index (χ1v) is 6.74. The molecule has 5 nitrogen and oxygen atoms in total. The lowest BCUT2D eigenvalue weighted by atomic mass is 10.2. The quantitative estimate of drug-likeness (QED) is 0.837. The van der Waals surface area contributed by atoms with Gasteiger partial charge in [0.15, 0.2) is 0 Å². The lowest BCUT2D eigenvalue weighted by molar-refractivity contribution is 0.0995. The second-order valence-electron chi connectivity index (χ2n) is 3.98. The van der Waals surface area contributed by atoms with Gasteiger partial charge in [0, 0.05) is 5.56 Å². The molecule has 0 aliphatic carbocycles. The zero-order chi connectivity index (χ0) is 15.6. The normalized spacial score (nSPS) is 10.2. The number of primary amides is 1. The van der Waals surface area contributed by atoms with E-state index in [1.165, 1.54) is 30.3 Å². The third-order valence-corrected chi connectivity index (χ3v) is 3.37. The molecule has 2 aromatic rings. The highest BCUT2D eigenvalue weighted by atomic mass is 35.5. The number of carbonyl (C=O) groups is 2. The van der Waals surface area contributed by atoms with Crippen molar-refractivity contribution in [2.24, 2.45) is 5.73 Å². The van der Waals surface area contributed by atoms with Crippen molar-refractivity contribution in [1.29, 1.82) is 0 Å². The Bertz CT molecular complexity index is 735. The predicted molar refractivity (Wildman–Crippen MR) is 82.2 cm³/mol. The van der Waals surface area contributed by atoms with Crippen molar-refractivity contribution in [1.82, 2.24) is 4.98 Å². The van der Waals surface area contributed by atoms with Gasteiger partial charge in [0.1, 0.15) is 10.8 Å². The number of rotatable bonds is 3. The van der Waals surface area contributed by atoms with Gasteiger partial charge in [-0.05, 0) is 30.3 Å². The molecule has 0 fully saturated rings. The molecule has 21 heavy (non-hydrogen) atoms. The van der Waals surface area contributed by atoms with Gasteiger partial charge < -0.3 is 11.1 Å². The van der Waals surface area contributed by atoms with Crippen LogP contribution in [0.3, 0.4) is 0 Å². The number of halogens is 3. The summed E-state index contributed by atoms with van der Waals surface area (Å²) in [5.41, 5.74) is 5.55. The average molecular weight is 345 g/mol. The molecule has 0 atom stereocenters. The van der Waals surface area contributed by atoms with Gasteiger partial charge in [-0.15, -0.1) is 0 Å². The molecule has 2 amide bonds. The van der Waals surface area contributed by atoms with Gasteiger partial charge in [-0.2, -0.15) is 0 Å². The maximum absolute atomic E-state index is 12.1. The molecule has 1 heterocycles. The molecule has 0 aliphatic rings. The Hall–Kier alpha value is -1.82. The molecule has 2 rings (SSSR count). The highest BCUT2D eigenvalue weighted by molar-refractivity contribution is 6.36. The van der Waals surface area contributed by atoms with E-state index >= 15 is 0 Å². The molecular formula is C13H8Cl3N3O2. The van der Waals surface area contributed by atoms with Crippen molar-refractivity contribution in [2.45, 2.75) is 0 Å². The van der Waals surface area contributed by atoms with Crippen LogP contribution in [-0.2, 0) is 0 Å². The molecule has 108 valence electrons. The number of pyridine rings is 1. The topological polar surface area (TPSA) is 85.1 Å². The maximum atomic E-state index is 12.1. The van der Waals surface area contributed by atoms with Crippen LogP contribution in [0.15, 0.2) is 30.3 Å². The predicted octanol–water partition coefficient (Wildman–Crippen LogP) is 3.39. The van der Waals surface area contributed by atoms with Crippen LogP contribution in [0.25, 0.3) is 0 Å². The summed E-state index contributed by atoms with van der Waals surface area (Å²) >= 11 is 17.6. The molecule has 0 unspecified atom stereocenters. The minimum absolute atomic E-state index is 0.0512. The first kappa shape index (κ1) is 15.6. The van der Waals surface area contributed by atoms with Crippen molar-refractivity contribution in [2.75, 3.05) is 5.32 Å². The second-order valence-corrected chi connectivity index (χ2v) is 5.18. The summed E-state index contributed by atoms with van der Waals surface area (Å²) in [6, 6.07) is 7.17. The molecule has 0 aliphatic heterocycles. The molecule has 1 aromatic heterocycles. The van der Waals surface area contributed by atoms with Gasteiger partial charge in [0.25, 0.3) is 5.91 Å².